The molecule has 8 nitrogen and oxygen atoms in total. The maximum absolute atomic E-state index is 13.1. The molecule has 0 bridgehead atoms. The van der Waals surface area contributed by atoms with Crippen molar-refractivity contribution in [2.24, 2.45) is 5.92 Å². The van der Waals surface area contributed by atoms with Crippen molar-refractivity contribution < 1.29 is 14.3 Å². The van der Waals surface area contributed by atoms with E-state index < -0.39 is 0 Å². The molecule has 154 valence electrons. The predicted octanol–water partition coefficient (Wildman–Crippen LogP) is 1.30. The zero-order valence-corrected chi connectivity index (χ0v) is 17.0. The fraction of sp³-hybridized carbons (Fsp3) is 0.800. The van der Waals surface area contributed by atoms with Crippen molar-refractivity contribution in [1.82, 2.24) is 24.6 Å². The second-order valence-electron chi connectivity index (χ2n) is 8.41. The third kappa shape index (κ3) is 4.06. The van der Waals surface area contributed by atoms with Crippen LogP contribution in [0.5, 0.6) is 0 Å². The summed E-state index contributed by atoms with van der Waals surface area (Å²) in [6.07, 6.45) is 5.80. The van der Waals surface area contributed by atoms with Crippen LogP contribution in [0.15, 0.2) is 0 Å². The summed E-state index contributed by atoms with van der Waals surface area (Å²) >= 11 is 0. The molecule has 0 unspecified atom stereocenters. The Morgan fingerprint density at radius 1 is 1.11 bits per heavy atom. The molecule has 4 rings (SSSR count). The number of hydrogen-bond donors (Lipinski definition) is 0. The number of likely N-dealkylation sites (tertiary alicyclic amines) is 2. The van der Waals surface area contributed by atoms with E-state index in [-0.39, 0.29) is 30.5 Å². The minimum atomic E-state index is 0.0779. The lowest BCUT2D eigenvalue weighted by Crippen LogP contribution is -2.46. The molecule has 2 amide bonds. The van der Waals surface area contributed by atoms with E-state index in [1.54, 1.807) is 4.68 Å². The molecule has 1 aromatic rings. The van der Waals surface area contributed by atoms with Gasteiger partial charge in [-0.1, -0.05) is 6.42 Å². The average Bonchev–Trinajstić information content (AvgIpc) is 3.34. The highest BCUT2D eigenvalue weighted by molar-refractivity contribution is 5.78. The monoisotopic (exact) mass is 389 g/mol. The number of amides is 2. The quantitative estimate of drug-likeness (QED) is 0.776. The Labute approximate surface area is 166 Å². The second-order valence-corrected chi connectivity index (χ2v) is 8.41. The van der Waals surface area contributed by atoms with Crippen molar-refractivity contribution in [3.8, 4) is 0 Å². The third-order valence-corrected chi connectivity index (χ3v) is 6.38. The van der Waals surface area contributed by atoms with Crippen LogP contribution in [0.1, 0.15) is 50.2 Å². The molecule has 4 heterocycles. The van der Waals surface area contributed by atoms with Gasteiger partial charge in [-0.3, -0.25) is 9.59 Å². The van der Waals surface area contributed by atoms with Gasteiger partial charge in [-0.25, -0.2) is 9.67 Å². The Bertz CT molecular complexity index is 727. The van der Waals surface area contributed by atoms with Gasteiger partial charge in [-0.05, 0) is 45.4 Å². The Morgan fingerprint density at radius 2 is 1.96 bits per heavy atom. The molecule has 3 fully saturated rings. The van der Waals surface area contributed by atoms with Crippen LogP contribution in [-0.2, 0) is 20.9 Å². The molecule has 3 aliphatic rings. The molecule has 0 saturated carbocycles. The molecule has 3 aliphatic heterocycles. The molecular weight excluding hydrogens is 358 g/mol. The molecular formula is C20H31N5O3. The minimum Gasteiger partial charge on any atom is -0.378 e. The van der Waals surface area contributed by atoms with Gasteiger partial charge in [0, 0.05) is 26.2 Å². The van der Waals surface area contributed by atoms with Crippen LogP contribution in [-0.4, -0.2) is 74.8 Å². The number of carbonyl (C=O) groups excluding carboxylic acids is 2. The first-order valence-electron chi connectivity index (χ1n) is 10.6. The van der Waals surface area contributed by atoms with E-state index in [1.165, 1.54) is 0 Å². The highest BCUT2D eigenvalue weighted by atomic mass is 16.5. The van der Waals surface area contributed by atoms with Crippen molar-refractivity contribution in [1.29, 1.82) is 0 Å². The molecule has 28 heavy (non-hydrogen) atoms. The van der Waals surface area contributed by atoms with E-state index in [0.717, 1.165) is 57.6 Å². The van der Waals surface area contributed by atoms with Gasteiger partial charge in [0.15, 0.2) is 0 Å². The molecule has 0 aliphatic carbocycles. The molecule has 3 saturated heterocycles. The summed E-state index contributed by atoms with van der Waals surface area (Å²) in [7, 11) is 0. The van der Waals surface area contributed by atoms with Crippen LogP contribution in [0.2, 0.25) is 0 Å². The van der Waals surface area contributed by atoms with Crippen molar-refractivity contribution >= 4 is 11.8 Å². The first kappa shape index (κ1) is 19.4. The molecule has 0 N–H and O–H groups in total. The first-order valence-corrected chi connectivity index (χ1v) is 10.6. The second kappa shape index (κ2) is 8.19. The van der Waals surface area contributed by atoms with Gasteiger partial charge < -0.3 is 14.5 Å². The highest BCUT2D eigenvalue weighted by Crippen LogP contribution is 2.31. The Morgan fingerprint density at radius 3 is 2.68 bits per heavy atom. The van der Waals surface area contributed by atoms with Crippen LogP contribution >= 0.6 is 0 Å². The number of aromatic nitrogens is 3. The van der Waals surface area contributed by atoms with Gasteiger partial charge in [-0.15, -0.1) is 0 Å². The van der Waals surface area contributed by atoms with Gasteiger partial charge in [0.05, 0.1) is 18.6 Å². The van der Waals surface area contributed by atoms with Crippen LogP contribution in [0.25, 0.3) is 0 Å². The number of fused-ring (bicyclic) bond motifs is 1. The number of hydrogen-bond acceptors (Lipinski definition) is 5. The highest BCUT2D eigenvalue weighted by Gasteiger charge is 2.41. The summed E-state index contributed by atoms with van der Waals surface area (Å²) in [6, 6.07) is 0.119. The topological polar surface area (TPSA) is 80.6 Å². The predicted molar refractivity (Wildman–Crippen MR) is 103 cm³/mol. The van der Waals surface area contributed by atoms with E-state index >= 15 is 0 Å². The fourth-order valence-electron chi connectivity index (χ4n) is 4.92. The normalized spacial score (nSPS) is 27.7. The number of rotatable bonds is 4. The van der Waals surface area contributed by atoms with E-state index in [2.05, 4.69) is 10.1 Å². The van der Waals surface area contributed by atoms with E-state index in [0.29, 0.717) is 24.7 Å². The third-order valence-electron chi connectivity index (χ3n) is 6.38. The zero-order valence-electron chi connectivity index (χ0n) is 17.0. The Kier molecular flexibility index (Phi) is 5.66. The molecule has 3 atom stereocenters. The molecule has 0 radical (unpaired) electrons. The van der Waals surface area contributed by atoms with E-state index in [4.69, 9.17) is 4.74 Å². The largest absolute Gasteiger partial charge is 0.378 e. The summed E-state index contributed by atoms with van der Waals surface area (Å²) in [5, 5.41) is 4.33. The van der Waals surface area contributed by atoms with Crippen LogP contribution in [0.3, 0.4) is 0 Å². The number of ether oxygens (including phenoxy) is 1. The first-order chi connectivity index (χ1) is 13.5. The lowest BCUT2D eigenvalue weighted by atomic mass is 9.98. The molecule has 1 aromatic heterocycles. The van der Waals surface area contributed by atoms with Gasteiger partial charge in [0.25, 0.3) is 0 Å². The minimum absolute atomic E-state index is 0.0779. The SMILES string of the molecule is Cc1nc(C)n(CC(=O)N2CCCC[C@H]3CN(C(=O)C[C@H]4CCCO4)C[C@H]32)n1. The van der Waals surface area contributed by atoms with E-state index in [9.17, 15) is 9.59 Å². The summed E-state index contributed by atoms with van der Waals surface area (Å²) in [5.41, 5.74) is 0. The molecule has 8 heteroatoms. The summed E-state index contributed by atoms with van der Waals surface area (Å²) < 4.78 is 7.32. The maximum atomic E-state index is 13.1. The van der Waals surface area contributed by atoms with E-state index in [1.807, 2.05) is 23.6 Å². The zero-order chi connectivity index (χ0) is 19.7. The lowest BCUT2D eigenvalue weighted by molar-refractivity contribution is -0.136. The number of aryl methyl sites for hydroxylation is 2. The smallest absolute Gasteiger partial charge is 0.244 e. The number of nitrogens with zero attached hydrogens (tertiary/aromatic N) is 5. The fourth-order valence-corrected chi connectivity index (χ4v) is 4.92. The standard InChI is InChI=1S/C20H31N5O3/c1-14-21-15(2)25(22-14)13-20(27)24-8-4-3-6-16-11-23(12-18(16)24)19(26)10-17-7-5-9-28-17/h16-18H,3-13H2,1-2H3/t16-,17+,18+/m0/s1. The van der Waals surface area contributed by atoms with Crippen molar-refractivity contribution in [3.63, 3.8) is 0 Å². The van der Waals surface area contributed by atoms with Gasteiger partial charge in [-0.2, -0.15) is 5.10 Å². The summed E-state index contributed by atoms with van der Waals surface area (Å²) in [5.74, 6) is 2.08. The van der Waals surface area contributed by atoms with Crippen LogP contribution < -0.4 is 0 Å². The Hall–Kier alpha value is -1.96. The maximum Gasteiger partial charge on any atom is 0.244 e. The van der Waals surface area contributed by atoms with Gasteiger partial charge >= 0.3 is 0 Å². The lowest BCUT2D eigenvalue weighted by Gasteiger charge is -2.30. The average molecular weight is 390 g/mol. The molecule has 0 spiro atoms. The Balaban J connectivity index is 1.42. The summed E-state index contributed by atoms with van der Waals surface area (Å²) in [4.78, 5) is 34.1. The summed E-state index contributed by atoms with van der Waals surface area (Å²) in [6.45, 7) is 6.88. The van der Waals surface area contributed by atoms with Crippen LogP contribution in [0.4, 0.5) is 0 Å². The van der Waals surface area contributed by atoms with Gasteiger partial charge in [0.2, 0.25) is 11.8 Å². The number of carbonyl (C=O) groups is 2. The molecule has 0 aromatic carbocycles. The van der Waals surface area contributed by atoms with Crippen molar-refractivity contribution in [2.45, 2.75) is 71.1 Å². The van der Waals surface area contributed by atoms with Crippen molar-refractivity contribution in [2.75, 3.05) is 26.2 Å². The van der Waals surface area contributed by atoms with Crippen LogP contribution in [0, 0.1) is 19.8 Å². The van der Waals surface area contributed by atoms with Crippen molar-refractivity contribution in [3.05, 3.63) is 11.6 Å². The van der Waals surface area contributed by atoms with Gasteiger partial charge in [0.1, 0.15) is 18.2 Å².